The summed E-state index contributed by atoms with van der Waals surface area (Å²) in [6.07, 6.45) is 4.18. The van der Waals surface area contributed by atoms with E-state index in [9.17, 15) is 4.79 Å². The number of rotatable bonds is 1. The molecule has 66 valence electrons. The molecule has 0 saturated heterocycles. The van der Waals surface area contributed by atoms with Crippen molar-refractivity contribution in [3.05, 3.63) is 0 Å². The van der Waals surface area contributed by atoms with Crippen LogP contribution in [-0.2, 0) is 4.74 Å². The van der Waals surface area contributed by atoms with Crippen LogP contribution in [0.15, 0.2) is 10.2 Å². The molecule has 0 rings (SSSR count). The number of hydrogen-bond acceptors (Lipinski definition) is 3. The second kappa shape index (κ2) is 4.50. The average molecular weight is 168 g/mol. The molecule has 0 unspecified atom stereocenters. The molecule has 0 spiro atoms. The zero-order chi connectivity index (χ0) is 9.61. The molecule has 0 N–H and O–H groups in total. The molecule has 0 aliphatic carbocycles. The molecule has 0 bridgehead atoms. The fourth-order valence-corrected chi connectivity index (χ4v) is 0.416. The fraction of sp³-hybridized carbons (Fsp3) is 0.625. The molecule has 0 saturated carbocycles. The van der Waals surface area contributed by atoms with Gasteiger partial charge in [0, 0.05) is 0 Å². The first-order valence-corrected chi connectivity index (χ1v) is 3.49. The maximum atomic E-state index is 10.8. The molecule has 0 aromatic carbocycles. The Morgan fingerprint density at radius 3 is 2.58 bits per heavy atom. The third-order valence-electron chi connectivity index (χ3n) is 0.708. The smallest absolute Gasteiger partial charge is 0.441 e. The van der Waals surface area contributed by atoms with Crippen molar-refractivity contribution >= 4 is 6.09 Å². The molecule has 0 fully saturated rings. The summed E-state index contributed by atoms with van der Waals surface area (Å²) < 4.78 is 4.82. The summed E-state index contributed by atoms with van der Waals surface area (Å²) in [6, 6.07) is 0. The molecule has 0 heterocycles. The second-order valence-electron chi connectivity index (χ2n) is 3.08. The van der Waals surface area contributed by atoms with Crippen LogP contribution in [0.2, 0.25) is 0 Å². The van der Waals surface area contributed by atoms with Crippen molar-refractivity contribution in [1.82, 2.24) is 0 Å². The van der Waals surface area contributed by atoms with Gasteiger partial charge in [-0.2, -0.15) is 5.11 Å². The molecule has 12 heavy (non-hydrogen) atoms. The van der Waals surface area contributed by atoms with E-state index in [2.05, 4.69) is 16.1 Å². The van der Waals surface area contributed by atoms with E-state index in [0.29, 0.717) is 0 Å². The van der Waals surface area contributed by atoms with Crippen LogP contribution in [0.3, 0.4) is 0 Å². The van der Waals surface area contributed by atoms with E-state index in [0.717, 1.165) is 0 Å². The quantitative estimate of drug-likeness (QED) is 0.444. The van der Waals surface area contributed by atoms with Crippen molar-refractivity contribution in [3.63, 3.8) is 0 Å². The average Bonchev–Trinajstić information content (AvgIpc) is 1.84. The Morgan fingerprint density at radius 1 is 1.58 bits per heavy atom. The van der Waals surface area contributed by atoms with Crippen molar-refractivity contribution < 1.29 is 9.53 Å². The highest BCUT2D eigenvalue weighted by Crippen LogP contribution is 2.07. The summed E-state index contributed by atoms with van der Waals surface area (Å²) in [4.78, 5) is 10.8. The number of carbonyl (C=O) groups is 1. The highest BCUT2D eigenvalue weighted by atomic mass is 16.6. The van der Waals surface area contributed by atoms with Gasteiger partial charge in [-0.1, -0.05) is 11.0 Å². The summed E-state index contributed by atoms with van der Waals surface area (Å²) >= 11 is 0. The van der Waals surface area contributed by atoms with Crippen LogP contribution >= 0.6 is 0 Å². The summed E-state index contributed by atoms with van der Waals surface area (Å²) in [5.41, 5.74) is -0.535. The summed E-state index contributed by atoms with van der Waals surface area (Å²) in [6.45, 7) is 5.35. The molecule has 1 amide bonds. The molecule has 0 aromatic rings. The summed E-state index contributed by atoms with van der Waals surface area (Å²) in [5, 5.41) is 6.61. The lowest BCUT2D eigenvalue weighted by Crippen LogP contribution is -2.21. The van der Waals surface area contributed by atoms with E-state index >= 15 is 0 Å². The molecular formula is C8H12N2O2. The number of hydrogen-bond donors (Lipinski definition) is 0. The molecule has 4 nitrogen and oxygen atoms in total. The van der Waals surface area contributed by atoms with E-state index in [1.54, 1.807) is 20.8 Å². The first-order valence-electron chi connectivity index (χ1n) is 3.49. The number of carbonyl (C=O) groups excluding carboxylic acids is 1. The molecule has 0 radical (unpaired) electrons. The number of terminal acetylenes is 1. The molecule has 4 heteroatoms. The Kier molecular flexibility index (Phi) is 3.98. The minimum absolute atomic E-state index is 0.0965. The van der Waals surface area contributed by atoms with Crippen LogP contribution in [-0.4, -0.2) is 18.2 Å². The lowest BCUT2D eigenvalue weighted by molar-refractivity contribution is 0.0590. The van der Waals surface area contributed by atoms with Gasteiger partial charge in [0.25, 0.3) is 0 Å². The van der Waals surface area contributed by atoms with Gasteiger partial charge in [0.2, 0.25) is 0 Å². The van der Waals surface area contributed by atoms with Crippen molar-refractivity contribution in [1.29, 1.82) is 0 Å². The zero-order valence-corrected chi connectivity index (χ0v) is 7.50. The largest absolute Gasteiger partial charge is 0.452 e. The molecule has 0 aliphatic rings. The Hall–Kier alpha value is -1.37. The van der Waals surface area contributed by atoms with E-state index in [1.165, 1.54) is 0 Å². The van der Waals surface area contributed by atoms with Crippen LogP contribution in [0, 0.1) is 12.3 Å². The number of amides is 1. The second-order valence-corrected chi connectivity index (χ2v) is 3.08. The summed E-state index contributed by atoms with van der Waals surface area (Å²) in [7, 11) is 0. The van der Waals surface area contributed by atoms with Gasteiger partial charge in [0.1, 0.15) is 12.1 Å². The highest BCUT2D eigenvalue weighted by molar-refractivity contribution is 5.67. The Labute approximate surface area is 72.0 Å². The third kappa shape index (κ3) is 6.75. The maximum absolute atomic E-state index is 10.8. The Bertz CT molecular complexity index is 220. The van der Waals surface area contributed by atoms with Gasteiger partial charge >= 0.3 is 6.09 Å². The molecular weight excluding hydrogens is 156 g/mol. The number of azo groups is 1. The Morgan fingerprint density at radius 2 is 2.17 bits per heavy atom. The van der Waals surface area contributed by atoms with Crippen LogP contribution in [0.25, 0.3) is 0 Å². The first-order chi connectivity index (χ1) is 5.45. The minimum Gasteiger partial charge on any atom is -0.441 e. The predicted molar refractivity (Wildman–Crippen MR) is 44.8 cm³/mol. The van der Waals surface area contributed by atoms with Gasteiger partial charge in [-0.25, -0.2) is 4.79 Å². The van der Waals surface area contributed by atoms with Crippen molar-refractivity contribution in [3.8, 4) is 12.3 Å². The van der Waals surface area contributed by atoms with Crippen LogP contribution in [0.4, 0.5) is 4.79 Å². The van der Waals surface area contributed by atoms with Crippen molar-refractivity contribution in [2.24, 2.45) is 10.2 Å². The molecule has 0 aromatic heterocycles. The van der Waals surface area contributed by atoms with Gasteiger partial charge in [-0.05, 0) is 20.8 Å². The lowest BCUT2D eigenvalue weighted by atomic mass is 10.2. The monoisotopic (exact) mass is 168 g/mol. The number of nitrogens with zero attached hydrogens (tertiary/aromatic N) is 2. The van der Waals surface area contributed by atoms with Gasteiger partial charge in [-0.3, -0.25) is 0 Å². The predicted octanol–water partition coefficient (Wildman–Crippen LogP) is 2.01. The van der Waals surface area contributed by atoms with E-state index < -0.39 is 11.7 Å². The summed E-state index contributed by atoms with van der Waals surface area (Å²) in [5.74, 6) is 2.22. The zero-order valence-electron chi connectivity index (χ0n) is 7.50. The minimum atomic E-state index is -0.710. The first kappa shape index (κ1) is 10.6. The van der Waals surface area contributed by atoms with Gasteiger partial charge in [0.05, 0.1) is 0 Å². The van der Waals surface area contributed by atoms with Crippen molar-refractivity contribution in [2.45, 2.75) is 26.4 Å². The van der Waals surface area contributed by atoms with Crippen LogP contribution < -0.4 is 0 Å². The molecule has 0 aliphatic heterocycles. The van der Waals surface area contributed by atoms with E-state index in [-0.39, 0.29) is 6.54 Å². The standard InChI is InChI=1S/C8H12N2O2/c1-5-6-9-10-7(11)12-8(2,3)4/h1H,6H2,2-4H3. The normalized spacial score (nSPS) is 11.2. The topological polar surface area (TPSA) is 51.0 Å². The Balaban J connectivity index is 3.84. The fourth-order valence-electron chi connectivity index (χ4n) is 0.416. The van der Waals surface area contributed by atoms with Gasteiger partial charge in [0.15, 0.2) is 0 Å². The van der Waals surface area contributed by atoms with Gasteiger partial charge < -0.3 is 4.74 Å². The maximum Gasteiger partial charge on any atom is 0.452 e. The third-order valence-corrected chi connectivity index (χ3v) is 0.708. The van der Waals surface area contributed by atoms with Crippen molar-refractivity contribution in [2.75, 3.05) is 6.54 Å². The molecule has 0 atom stereocenters. The number of ether oxygens (including phenoxy) is 1. The lowest BCUT2D eigenvalue weighted by Gasteiger charge is -2.16. The highest BCUT2D eigenvalue weighted by Gasteiger charge is 2.15. The van der Waals surface area contributed by atoms with E-state index in [4.69, 9.17) is 11.2 Å². The SMILES string of the molecule is C#CCN=NC(=O)OC(C)(C)C. The van der Waals surface area contributed by atoms with Crippen LogP contribution in [0.5, 0.6) is 0 Å². The van der Waals surface area contributed by atoms with E-state index in [1.807, 2.05) is 0 Å². The van der Waals surface area contributed by atoms with Crippen LogP contribution in [0.1, 0.15) is 20.8 Å². The van der Waals surface area contributed by atoms with Gasteiger partial charge in [-0.15, -0.1) is 6.42 Å².